The third kappa shape index (κ3) is 4.93. The molecule has 0 radical (unpaired) electrons. The van der Waals surface area contributed by atoms with Crippen LogP contribution in [0.25, 0.3) is 6.08 Å². The summed E-state index contributed by atoms with van der Waals surface area (Å²) in [7, 11) is 0. The Morgan fingerprint density at radius 2 is 1.68 bits per heavy atom. The number of hydrogen-bond acceptors (Lipinski definition) is 4. The van der Waals surface area contributed by atoms with Crippen molar-refractivity contribution >= 4 is 52.0 Å². The number of amidine groups is 1. The molecule has 154 valence electrons. The lowest BCUT2D eigenvalue weighted by molar-refractivity contribution is -0.113. The average molecular weight is 451 g/mol. The van der Waals surface area contributed by atoms with Crippen LogP contribution < -0.4 is 4.90 Å². The molecule has 31 heavy (non-hydrogen) atoms. The van der Waals surface area contributed by atoms with Crippen molar-refractivity contribution in [1.29, 1.82) is 0 Å². The molecule has 0 fully saturated rings. The molecule has 0 aromatic heterocycles. The second-order valence-corrected chi connectivity index (χ2v) is 8.05. The van der Waals surface area contributed by atoms with Crippen molar-refractivity contribution in [2.45, 2.75) is 0 Å². The minimum absolute atomic E-state index is 0.0965. The van der Waals surface area contributed by atoms with E-state index in [1.165, 1.54) is 23.9 Å². The number of aliphatic imine (C=N–C) groups is 1. The van der Waals surface area contributed by atoms with Gasteiger partial charge in [-0.1, -0.05) is 53.7 Å². The van der Waals surface area contributed by atoms with Gasteiger partial charge >= 0.3 is 0 Å². The Bertz CT molecular complexity index is 1180. The molecule has 0 spiro atoms. The van der Waals surface area contributed by atoms with Gasteiger partial charge in [0.15, 0.2) is 11.0 Å². The predicted octanol–water partition coefficient (Wildman–Crippen LogP) is 5.84. The van der Waals surface area contributed by atoms with Crippen molar-refractivity contribution in [1.82, 2.24) is 0 Å². The zero-order valence-corrected chi connectivity index (χ0v) is 17.7. The van der Waals surface area contributed by atoms with Crippen LogP contribution in [0.5, 0.6) is 0 Å². The van der Waals surface area contributed by atoms with Gasteiger partial charge in [0.05, 0.1) is 5.75 Å². The summed E-state index contributed by atoms with van der Waals surface area (Å²) >= 11 is 7.07. The van der Waals surface area contributed by atoms with Crippen LogP contribution in [-0.4, -0.2) is 22.6 Å². The number of thioether (sulfide) groups is 1. The molecule has 0 aliphatic carbocycles. The van der Waals surface area contributed by atoms with Crippen molar-refractivity contribution in [3.63, 3.8) is 0 Å². The first-order valence-electron chi connectivity index (χ1n) is 9.38. The lowest BCUT2D eigenvalue weighted by Crippen LogP contribution is -2.25. The third-order valence-corrected chi connectivity index (χ3v) is 5.73. The van der Waals surface area contributed by atoms with Gasteiger partial charge in [0.1, 0.15) is 11.5 Å². The van der Waals surface area contributed by atoms with Crippen LogP contribution >= 0.6 is 23.4 Å². The fraction of sp³-hybridized carbons (Fsp3) is 0.0417. The molecule has 3 aromatic rings. The van der Waals surface area contributed by atoms with E-state index in [0.717, 1.165) is 5.69 Å². The van der Waals surface area contributed by atoms with E-state index < -0.39 is 5.91 Å². The average Bonchev–Trinajstić information content (AvgIpc) is 3.09. The summed E-state index contributed by atoms with van der Waals surface area (Å²) in [6.45, 7) is 0. The molecule has 3 aromatic carbocycles. The number of benzene rings is 3. The van der Waals surface area contributed by atoms with E-state index in [-0.39, 0.29) is 17.4 Å². The maximum Gasteiger partial charge on any atom is 0.296 e. The molecule has 0 N–H and O–H groups in total. The highest BCUT2D eigenvalue weighted by Gasteiger charge is 2.31. The van der Waals surface area contributed by atoms with Crippen LogP contribution in [0.1, 0.15) is 15.9 Å². The highest BCUT2D eigenvalue weighted by Crippen LogP contribution is 2.31. The molecule has 1 amide bonds. The van der Waals surface area contributed by atoms with Crippen molar-refractivity contribution < 1.29 is 14.0 Å². The minimum atomic E-state index is -0.422. The van der Waals surface area contributed by atoms with E-state index in [4.69, 9.17) is 11.6 Å². The highest BCUT2D eigenvalue weighted by atomic mass is 35.5. The van der Waals surface area contributed by atoms with Crippen LogP contribution in [0.15, 0.2) is 89.6 Å². The SMILES string of the molecule is O=C1N=C(SCC(=O)c2ccc(Cl)cc2)N(c2ccccc2)/C1=C\c1ccc(F)cc1. The van der Waals surface area contributed by atoms with Crippen LogP contribution in [0, 0.1) is 5.82 Å². The fourth-order valence-corrected chi connectivity index (χ4v) is 4.04. The highest BCUT2D eigenvalue weighted by molar-refractivity contribution is 8.14. The van der Waals surface area contributed by atoms with Crippen LogP contribution in [0.3, 0.4) is 0 Å². The molecular formula is C24H16ClFN2O2S. The van der Waals surface area contributed by atoms with E-state index in [1.807, 2.05) is 30.3 Å². The second-order valence-electron chi connectivity index (χ2n) is 6.67. The number of halogens is 2. The lowest BCUT2D eigenvalue weighted by atomic mass is 10.1. The maximum atomic E-state index is 13.3. The largest absolute Gasteiger partial charge is 0.296 e. The fourth-order valence-electron chi connectivity index (χ4n) is 3.01. The zero-order chi connectivity index (χ0) is 21.8. The number of amides is 1. The van der Waals surface area contributed by atoms with Crippen molar-refractivity contribution in [3.05, 3.63) is 107 Å². The second kappa shape index (κ2) is 9.29. The number of ketones is 1. The summed E-state index contributed by atoms with van der Waals surface area (Å²) in [5.74, 6) is -0.760. The number of carbonyl (C=O) groups is 2. The Morgan fingerprint density at radius 1 is 1.00 bits per heavy atom. The van der Waals surface area contributed by atoms with Gasteiger partial charge in [0, 0.05) is 16.3 Å². The Morgan fingerprint density at radius 3 is 2.35 bits per heavy atom. The lowest BCUT2D eigenvalue weighted by Gasteiger charge is -2.20. The van der Waals surface area contributed by atoms with E-state index in [2.05, 4.69) is 4.99 Å². The number of Topliss-reactive ketones (excluding diaryl/α,β-unsaturated/α-hetero) is 1. The number of hydrogen-bond donors (Lipinski definition) is 0. The summed E-state index contributed by atoms with van der Waals surface area (Å²) in [4.78, 5) is 31.2. The van der Waals surface area contributed by atoms with E-state index in [9.17, 15) is 14.0 Å². The van der Waals surface area contributed by atoms with Crippen molar-refractivity contribution in [2.75, 3.05) is 10.7 Å². The zero-order valence-electron chi connectivity index (χ0n) is 16.2. The molecule has 0 unspecified atom stereocenters. The van der Waals surface area contributed by atoms with Gasteiger partial charge in [-0.15, -0.1) is 0 Å². The summed E-state index contributed by atoms with van der Waals surface area (Å²) in [5, 5.41) is 0.965. The number of carbonyl (C=O) groups excluding carboxylic acids is 2. The van der Waals surface area contributed by atoms with Crippen LogP contribution in [0.2, 0.25) is 5.02 Å². The van der Waals surface area contributed by atoms with Gasteiger partial charge in [-0.05, 0) is 60.2 Å². The monoisotopic (exact) mass is 450 g/mol. The van der Waals surface area contributed by atoms with Gasteiger partial charge in [-0.3, -0.25) is 14.5 Å². The summed E-state index contributed by atoms with van der Waals surface area (Å²) in [6.07, 6.45) is 1.66. The number of nitrogens with zero attached hydrogens (tertiary/aromatic N) is 2. The van der Waals surface area contributed by atoms with Gasteiger partial charge in [-0.25, -0.2) is 4.39 Å². The van der Waals surface area contributed by atoms with Gasteiger partial charge in [0.25, 0.3) is 5.91 Å². The van der Waals surface area contributed by atoms with Crippen LogP contribution in [0.4, 0.5) is 10.1 Å². The number of rotatable bonds is 5. The molecular weight excluding hydrogens is 435 g/mol. The van der Waals surface area contributed by atoms with E-state index >= 15 is 0 Å². The smallest absolute Gasteiger partial charge is 0.293 e. The maximum absolute atomic E-state index is 13.3. The number of para-hydroxylation sites is 1. The first-order chi connectivity index (χ1) is 15.0. The summed E-state index contributed by atoms with van der Waals surface area (Å²) in [5.41, 5.74) is 2.28. The third-order valence-electron chi connectivity index (χ3n) is 4.53. The molecule has 1 aliphatic rings. The molecule has 1 heterocycles. The van der Waals surface area contributed by atoms with Crippen LogP contribution in [-0.2, 0) is 4.79 Å². The molecule has 0 bridgehead atoms. The van der Waals surface area contributed by atoms with Crippen molar-refractivity contribution in [2.24, 2.45) is 4.99 Å². The molecule has 0 saturated carbocycles. The predicted molar refractivity (Wildman–Crippen MR) is 124 cm³/mol. The first-order valence-corrected chi connectivity index (χ1v) is 10.7. The molecule has 0 atom stereocenters. The van der Waals surface area contributed by atoms with Gasteiger partial charge in [0.2, 0.25) is 0 Å². The Kier molecular flexibility index (Phi) is 6.30. The number of anilines is 1. The quantitative estimate of drug-likeness (QED) is 0.362. The normalized spacial score (nSPS) is 14.8. The molecule has 0 saturated heterocycles. The Balaban J connectivity index is 1.61. The molecule has 1 aliphatic heterocycles. The van der Waals surface area contributed by atoms with E-state index in [0.29, 0.717) is 27.0 Å². The molecule has 4 nitrogen and oxygen atoms in total. The Hall–Kier alpha value is -3.22. The topological polar surface area (TPSA) is 49.7 Å². The minimum Gasteiger partial charge on any atom is -0.293 e. The van der Waals surface area contributed by atoms with Gasteiger partial charge in [-0.2, -0.15) is 4.99 Å². The van der Waals surface area contributed by atoms with Crippen molar-refractivity contribution in [3.8, 4) is 0 Å². The standard InChI is InChI=1S/C24H16ClFN2O2S/c25-18-10-8-17(9-11-18)22(29)15-31-24-27-23(30)21(14-16-6-12-19(26)13-7-16)28(24)20-4-2-1-3-5-20/h1-14H,15H2/b21-14-. The van der Waals surface area contributed by atoms with Gasteiger partial charge < -0.3 is 0 Å². The first kappa shape index (κ1) is 21.0. The molecule has 7 heteroatoms. The van der Waals surface area contributed by atoms with E-state index in [1.54, 1.807) is 47.4 Å². The summed E-state index contributed by atoms with van der Waals surface area (Å²) in [6, 6.07) is 21.8. The molecule has 4 rings (SSSR count). The summed E-state index contributed by atoms with van der Waals surface area (Å²) < 4.78 is 13.3. The Labute approximate surface area is 188 Å².